The normalized spacial score (nSPS) is 11.8. The summed E-state index contributed by atoms with van der Waals surface area (Å²) in [7, 11) is 0. The van der Waals surface area contributed by atoms with Crippen molar-refractivity contribution in [2.24, 2.45) is 4.99 Å². The Bertz CT molecular complexity index is 1320. The molecule has 31 heavy (non-hydrogen) atoms. The zero-order valence-corrected chi connectivity index (χ0v) is 17.6. The second kappa shape index (κ2) is 8.44. The third-order valence-corrected chi connectivity index (χ3v) is 4.90. The average Bonchev–Trinajstić information content (AvgIpc) is 2.75. The Morgan fingerprint density at radius 2 is 1.94 bits per heavy atom. The van der Waals surface area contributed by atoms with Gasteiger partial charge in [0.25, 0.3) is 5.91 Å². The third kappa shape index (κ3) is 4.64. The lowest BCUT2D eigenvalue weighted by Gasteiger charge is -2.08. The Labute approximate surface area is 179 Å². The van der Waals surface area contributed by atoms with E-state index in [1.165, 1.54) is 6.07 Å². The van der Waals surface area contributed by atoms with Gasteiger partial charge >= 0.3 is 0 Å². The number of phenolic OH excluding ortho intramolecular Hbond substituents is 1. The minimum Gasteiger partial charge on any atom is -0.508 e. The Morgan fingerprint density at radius 1 is 1.10 bits per heavy atom. The number of aromatic nitrogens is 1. The molecule has 0 radical (unpaired) electrons. The summed E-state index contributed by atoms with van der Waals surface area (Å²) in [6.45, 7) is 6.14. The number of benzene rings is 2. The molecule has 2 N–H and O–H groups in total. The van der Waals surface area contributed by atoms with Gasteiger partial charge < -0.3 is 14.8 Å². The standard InChI is InChI=1S/C25H23N3O3/c1-15(2)17-5-4-6-19(11-17)27-25-21(12-18-8-9-20(29)13-22(18)31-25)24(30)28-23-10-7-16(3)14-26-23/h4-15,29H,1-3H3,(H,26,28,30). The van der Waals surface area contributed by atoms with Gasteiger partial charge in [-0.25, -0.2) is 9.98 Å². The van der Waals surface area contributed by atoms with E-state index in [2.05, 4.69) is 29.1 Å². The van der Waals surface area contributed by atoms with E-state index in [9.17, 15) is 9.90 Å². The molecule has 6 nitrogen and oxygen atoms in total. The molecule has 0 spiro atoms. The zero-order chi connectivity index (χ0) is 22.0. The first-order chi connectivity index (χ1) is 14.9. The molecule has 0 fully saturated rings. The van der Waals surface area contributed by atoms with Crippen LogP contribution in [0.15, 0.2) is 76.3 Å². The van der Waals surface area contributed by atoms with Gasteiger partial charge in [-0.05, 0) is 60.4 Å². The molecule has 0 saturated heterocycles. The number of carbonyl (C=O) groups is 1. The number of pyridine rings is 1. The van der Waals surface area contributed by atoms with Crippen molar-refractivity contribution in [3.05, 3.63) is 89.1 Å². The molecule has 0 bridgehead atoms. The van der Waals surface area contributed by atoms with Gasteiger partial charge in [-0.1, -0.05) is 32.0 Å². The van der Waals surface area contributed by atoms with Crippen molar-refractivity contribution >= 4 is 28.4 Å². The number of amides is 1. The van der Waals surface area contributed by atoms with Crippen molar-refractivity contribution < 1.29 is 14.3 Å². The second-order valence-electron chi connectivity index (χ2n) is 7.72. The van der Waals surface area contributed by atoms with E-state index in [0.29, 0.717) is 28.4 Å². The monoisotopic (exact) mass is 413 g/mol. The SMILES string of the molecule is Cc1ccc(NC(=O)c2cc3ccc(O)cc3oc2=Nc2cccc(C(C)C)c2)nc1. The molecule has 156 valence electrons. The topological polar surface area (TPSA) is 87.7 Å². The molecular weight excluding hydrogens is 390 g/mol. The number of carbonyl (C=O) groups excluding carboxylic acids is 1. The molecule has 0 aliphatic carbocycles. The van der Waals surface area contributed by atoms with Crippen LogP contribution in [0.4, 0.5) is 11.5 Å². The number of phenols is 1. The summed E-state index contributed by atoms with van der Waals surface area (Å²) in [4.78, 5) is 21.9. The smallest absolute Gasteiger partial charge is 0.262 e. The summed E-state index contributed by atoms with van der Waals surface area (Å²) in [6.07, 6.45) is 1.69. The molecule has 2 aromatic carbocycles. The van der Waals surface area contributed by atoms with E-state index in [4.69, 9.17) is 4.42 Å². The molecule has 2 aromatic heterocycles. The van der Waals surface area contributed by atoms with Crippen LogP contribution >= 0.6 is 0 Å². The third-order valence-electron chi connectivity index (χ3n) is 4.90. The van der Waals surface area contributed by atoms with Crippen molar-refractivity contribution in [1.29, 1.82) is 0 Å². The largest absolute Gasteiger partial charge is 0.508 e. The summed E-state index contributed by atoms with van der Waals surface area (Å²) < 4.78 is 5.95. The first-order valence-corrected chi connectivity index (χ1v) is 10.0. The van der Waals surface area contributed by atoms with E-state index >= 15 is 0 Å². The van der Waals surface area contributed by atoms with Gasteiger partial charge in [0.15, 0.2) is 0 Å². The van der Waals surface area contributed by atoms with E-state index in [1.807, 2.05) is 37.3 Å². The lowest BCUT2D eigenvalue weighted by Crippen LogP contribution is -2.22. The van der Waals surface area contributed by atoms with Crippen molar-refractivity contribution in [3.8, 4) is 5.75 Å². The zero-order valence-electron chi connectivity index (χ0n) is 17.6. The maximum atomic E-state index is 13.1. The molecule has 0 atom stereocenters. The van der Waals surface area contributed by atoms with Gasteiger partial charge in [0.1, 0.15) is 22.7 Å². The van der Waals surface area contributed by atoms with Gasteiger partial charge in [-0.15, -0.1) is 0 Å². The van der Waals surface area contributed by atoms with Crippen molar-refractivity contribution in [2.45, 2.75) is 26.7 Å². The van der Waals surface area contributed by atoms with Gasteiger partial charge in [0.05, 0.1) is 5.69 Å². The Morgan fingerprint density at radius 3 is 2.68 bits per heavy atom. The summed E-state index contributed by atoms with van der Waals surface area (Å²) in [6, 6.07) is 17.8. The molecule has 1 amide bonds. The Hall–Kier alpha value is -3.93. The van der Waals surface area contributed by atoms with Gasteiger partial charge in [-0.2, -0.15) is 0 Å². The molecule has 0 aliphatic heterocycles. The van der Waals surface area contributed by atoms with Gasteiger partial charge in [-0.3, -0.25) is 4.79 Å². The number of nitrogens with zero attached hydrogens (tertiary/aromatic N) is 2. The number of hydrogen-bond donors (Lipinski definition) is 2. The summed E-state index contributed by atoms with van der Waals surface area (Å²) >= 11 is 0. The predicted octanol–water partition coefficient (Wildman–Crippen LogP) is 5.45. The van der Waals surface area contributed by atoms with Crippen LogP contribution in [0, 0.1) is 6.92 Å². The van der Waals surface area contributed by atoms with Crippen LogP contribution in [0.3, 0.4) is 0 Å². The highest BCUT2D eigenvalue weighted by Gasteiger charge is 2.14. The van der Waals surface area contributed by atoms with Crippen molar-refractivity contribution in [1.82, 2.24) is 4.98 Å². The lowest BCUT2D eigenvalue weighted by molar-refractivity contribution is 0.102. The molecule has 0 aliphatic rings. The Balaban J connectivity index is 1.84. The second-order valence-corrected chi connectivity index (χ2v) is 7.72. The van der Waals surface area contributed by atoms with Crippen LogP contribution in [-0.4, -0.2) is 16.0 Å². The average molecular weight is 413 g/mol. The quantitative estimate of drug-likeness (QED) is 0.466. The molecule has 4 aromatic rings. The fourth-order valence-corrected chi connectivity index (χ4v) is 3.15. The number of aromatic hydroxyl groups is 1. The molecule has 2 heterocycles. The molecule has 4 rings (SSSR count). The number of aryl methyl sites for hydroxylation is 1. The first-order valence-electron chi connectivity index (χ1n) is 10.0. The highest BCUT2D eigenvalue weighted by molar-refractivity contribution is 6.05. The molecule has 6 heteroatoms. The predicted molar refractivity (Wildman–Crippen MR) is 121 cm³/mol. The number of fused-ring (bicyclic) bond motifs is 1. The van der Waals surface area contributed by atoms with Crippen LogP contribution in [-0.2, 0) is 0 Å². The summed E-state index contributed by atoms with van der Waals surface area (Å²) in [5.74, 6) is 0.476. The van der Waals surface area contributed by atoms with Crippen molar-refractivity contribution in [2.75, 3.05) is 5.32 Å². The number of nitrogens with one attached hydrogen (secondary N) is 1. The maximum absolute atomic E-state index is 13.1. The highest BCUT2D eigenvalue weighted by Crippen LogP contribution is 2.22. The van der Waals surface area contributed by atoms with E-state index in [0.717, 1.165) is 11.1 Å². The Kier molecular flexibility index (Phi) is 5.54. The first kappa shape index (κ1) is 20.3. The van der Waals surface area contributed by atoms with Crippen LogP contribution in [0.5, 0.6) is 5.75 Å². The molecular formula is C25H23N3O3. The van der Waals surface area contributed by atoms with Crippen LogP contribution in [0.2, 0.25) is 0 Å². The van der Waals surface area contributed by atoms with E-state index in [1.54, 1.807) is 30.5 Å². The fourth-order valence-electron chi connectivity index (χ4n) is 3.15. The number of rotatable bonds is 4. The van der Waals surface area contributed by atoms with Crippen LogP contribution < -0.4 is 10.9 Å². The molecule has 0 unspecified atom stereocenters. The lowest BCUT2D eigenvalue weighted by atomic mass is 10.0. The van der Waals surface area contributed by atoms with Gasteiger partial charge in [0.2, 0.25) is 5.55 Å². The molecule has 0 saturated carbocycles. The number of anilines is 1. The van der Waals surface area contributed by atoms with Gasteiger partial charge in [0, 0.05) is 17.6 Å². The van der Waals surface area contributed by atoms with E-state index in [-0.39, 0.29) is 22.8 Å². The highest BCUT2D eigenvalue weighted by atomic mass is 16.3. The van der Waals surface area contributed by atoms with E-state index < -0.39 is 0 Å². The maximum Gasteiger partial charge on any atom is 0.262 e. The van der Waals surface area contributed by atoms with Crippen LogP contribution in [0.1, 0.15) is 41.3 Å². The summed E-state index contributed by atoms with van der Waals surface area (Å²) in [5, 5.41) is 13.3. The fraction of sp³-hybridized carbons (Fsp3) is 0.160. The summed E-state index contributed by atoms with van der Waals surface area (Å²) in [5.41, 5.74) is 3.67. The number of hydrogen-bond acceptors (Lipinski definition) is 5. The minimum atomic E-state index is -0.381. The van der Waals surface area contributed by atoms with Crippen molar-refractivity contribution in [3.63, 3.8) is 0 Å². The van der Waals surface area contributed by atoms with Crippen LogP contribution in [0.25, 0.3) is 11.0 Å². The minimum absolute atomic E-state index is 0.0741.